The third kappa shape index (κ3) is 5.49. The summed E-state index contributed by atoms with van der Waals surface area (Å²) >= 11 is 0. The van der Waals surface area contributed by atoms with Crippen LogP contribution in [0.15, 0.2) is 0 Å². The van der Waals surface area contributed by atoms with Crippen LogP contribution < -0.4 is 5.32 Å². The average molecular weight is 259 g/mol. The number of hydrogen-bond acceptors (Lipinski definition) is 3. The van der Waals surface area contributed by atoms with Gasteiger partial charge in [-0.25, -0.2) is 4.79 Å². The van der Waals surface area contributed by atoms with Crippen molar-refractivity contribution in [2.75, 3.05) is 13.2 Å². The molecule has 0 aromatic heterocycles. The predicted molar refractivity (Wildman–Crippen MR) is 69.4 cm³/mol. The van der Waals surface area contributed by atoms with Crippen molar-refractivity contribution in [2.24, 2.45) is 5.92 Å². The molecule has 0 spiro atoms. The fourth-order valence-corrected chi connectivity index (χ4v) is 1.39. The summed E-state index contributed by atoms with van der Waals surface area (Å²) in [6, 6.07) is 0. The molecular formula is C13H25NO4. The Balaban J connectivity index is 4.09. The van der Waals surface area contributed by atoms with Crippen LogP contribution in [0.4, 0.5) is 0 Å². The van der Waals surface area contributed by atoms with Gasteiger partial charge in [-0.3, -0.25) is 4.79 Å². The number of amides is 1. The Bertz CT molecular complexity index is 278. The summed E-state index contributed by atoms with van der Waals surface area (Å²) in [5, 5.41) is 11.7. The molecule has 0 heterocycles. The van der Waals surface area contributed by atoms with Gasteiger partial charge in [-0.1, -0.05) is 33.6 Å². The molecule has 0 unspecified atom stereocenters. The highest BCUT2D eigenvalue weighted by Gasteiger charge is 2.37. The van der Waals surface area contributed by atoms with Crippen LogP contribution in [-0.4, -0.2) is 35.7 Å². The fraction of sp³-hybridized carbons (Fsp3) is 0.846. The molecule has 0 saturated heterocycles. The zero-order valence-electron chi connectivity index (χ0n) is 11.8. The van der Waals surface area contributed by atoms with Crippen molar-refractivity contribution in [3.8, 4) is 0 Å². The van der Waals surface area contributed by atoms with Crippen LogP contribution in [0.25, 0.3) is 0 Å². The molecule has 0 bridgehead atoms. The molecule has 2 N–H and O–H groups in total. The smallest absolute Gasteiger partial charge is 0.329 e. The molecule has 18 heavy (non-hydrogen) atoms. The highest BCUT2D eigenvalue weighted by molar-refractivity contribution is 5.87. The average Bonchev–Trinajstić information content (AvgIpc) is 2.28. The third-order valence-electron chi connectivity index (χ3n) is 3.12. The van der Waals surface area contributed by atoms with Crippen molar-refractivity contribution in [3.05, 3.63) is 0 Å². The largest absolute Gasteiger partial charge is 0.480 e. The van der Waals surface area contributed by atoms with Crippen molar-refractivity contribution < 1.29 is 19.4 Å². The summed E-state index contributed by atoms with van der Waals surface area (Å²) in [6.07, 6.45) is 3.09. The molecule has 0 aliphatic rings. The van der Waals surface area contributed by atoms with Gasteiger partial charge in [-0.2, -0.15) is 0 Å². The molecule has 5 heteroatoms. The first-order valence-corrected chi connectivity index (χ1v) is 6.46. The Morgan fingerprint density at radius 1 is 1.33 bits per heavy atom. The molecule has 0 aromatic carbocycles. The molecule has 0 aliphatic carbocycles. The van der Waals surface area contributed by atoms with E-state index in [0.29, 0.717) is 6.61 Å². The number of carbonyl (C=O) groups excluding carboxylic acids is 1. The van der Waals surface area contributed by atoms with Crippen LogP contribution in [0.2, 0.25) is 0 Å². The van der Waals surface area contributed by atoms with Gasteiger partial charge in [-0.15, -0.1) is 0 Å². The van der Waals surface area contributed by atoms with Gasteiger partial charge >= 0.3 is 5.97 Å². The van der Waals surface area contributed by atoms with E-state index in [1.807, 2.05) is 0 Å². The highest BCUT2D eigenvalue weighted by Crippen LogP contribution is 2.16. The van der Waals surface area contributed by atoms with Gasteiger partial charge < -0.3 is 15.2 Å². The first-order valence-electron chi connectivity index (χ1n) is 6.46. The second-order valence-electron chi connectivity index (χ2n) is 4.97. The molecule has 5 nitrogen and oxygen atoms in total. The van der Waals surface area contributed by atoms with Crippen molar-refractivity contribution in [3.63, 3.8) is 0 Å². The Labute approximate surface area is 109 Å². The van der Waals surface area contributed by atoms with E-state index in [0.717, 1.165) is 19.3 Å². The first-order chi connectivity index (χ1) is 8.34. The second-order valence-corrected chi connectivity index (χ2v) is 4.97. The molecule has 1 amide bonds. The van der Waals surface area contributed by atoms with Crippen LogP contribution in [0.5, 0.6) is 0 Å². The van der Waals surface area contributed by atoms with Gasteiger partial charge in [0.1, 0.15) is 12.1 Å². The maximum absolute atomic E-state index is 11.6. The molecule has 0 rings (SSSR count). The highest BCUT2D eigenvalue weighted by atomic mass is 16.5. The van der Waals surface area contributed by atoms with Gasteiger partial charge in [0.15, 0.2) is 0 Å². The van der Waals surface area contributed by atoms with Gasteiger partial charge in [0, 0.05) is 6.61 Å². The molecule has 0 radical (unpaired) electrons. The zero-order chi connectivity index (χ0) is 14.2. The third-order valence-corrected chi connectivity index (χ3v) is 3.12. The van der Waals surface area contributed by atoms with Gasteiger partial charge in [0.2, 0.25) is 5.91 Å². The summed E-state index contributed by atoms with van der Waals surface area (Å²) in [5.41, 5.74) is -1.25. The number of nitrogens with one attached hydrogen (secondary N) is 1. The van der Waals surface area contributed by atoms with E-state index < -0.39 is 11.5 Å². The quantitative estimate of drug-likeness (QED) is 0.619. The van der Waals surface area contributed by atoms with E-state index >= 15 is 0 Å². The van der Waals surface area contributed by atoms with E-state index in [4.69, 9.17) is 9.84 Å². The lowest BCUT2D eigenvalue weighted by atomic mass is 9.88. The number of carboxylic acid groups (broad SMARTS) is 1. The molecular weight excluding hydrogens is 234 g/mol. The summed E-state index contributed by atoms with van der Waals surface area (Å²) in [4.78, 5) is 22.8. The predicted octanol–water partition coefficient (Wildman–Crippen LogP) is 1.81. The monoisotopic (exact) mass is 259 g/mol. The lowest BCUT2D eigenvalue weighted by Gasteiger charge is -2.30. The fourth-order valence-electron chi connectivity index (χ4n) is 1.39. The lowest BCUT2D eigenvalue weighted by Crippen LogP contribution is -2.56. The SMILES string of the molecule is CCCCCOCC(=O)N[C@@](C)(C(=O)O)C(C)C. The van der Waals surface area contributed by atoms with Crippen LogP contribution in [-0.2, 0) is 14.3 Å². The van der Waals surface area contributed by atoms with Gasteiger partial charge in [0.05, 0.1) is 0 Å². The topological polar surface area (TPSA) is 75.6 Å². The van der Waals surface area contributed by atoms with Crippen LogP contribution in [0.3, 0.4) is 0 Å². The number of ether oxygens (including phenoxy) is 1. The van der Waals surface area contributed by atoms with Crippen LogP contribution in [0.1, 0.15) is 47.0 Å². The number of aliphatic carboxylic acids is 1. The Hall–Kier alpha value is -1.10. The normalized spacial score (nSPS) is 14.3. The van der Waals surface area contributed by atoms with Gasteiger partial charge in [0.25, 0.3) is 0 Å². The summed E-state index contributed by atoms with van der Waals surface area (Å²) in [5.74, 6) is -1.61. The minimum atomic E-state index is -1.25. The molecule has 0 aromatic rings. The molecule has 1 atom stereocenters. The molecule has 0 fully saturated rings. The summed E-state index contributed by atoms with van der Waals surface area (Å²) in [7, 11) is 0. The van der Waals surface area contributed by atoms with Crippen molar-refractivity contribution in [1.82, 2.24) is 5.32 Å². The van der Waals surface area contributed by atoms with Crippen molar-refractivity contribution in [2.45, 2.75) is 52.5 Å². The summed E-state index contributed by atoms with van der Waals surface area (Å²) in [6.45, 7) is 7.57. The summed E-state index contributed by atoms with van der Waals surface area (Å²) < 4.78 is 5.20. The standard InChI is InChI=1S/C13H25NO4/c1-5-6-7-8-18-9-11(15)14-13(4,10(2)3)12(16)17/h10H,5-9H2,1-4H3,(H,14,15)(H,16,17)/t13-/m1/s1. The Kier molecular flexibility index (Phi) is 7.59. The van der Waals surface area contributed by atoms with Crippen LogP contribution >= 0.6 is 0 Å². The number of carboxylic acids is 1. The minimum absolute atomic E-state index is 0.0840. The number of rotatable bonds is 9. The molecule has 106 valence electrons. The number of unbranched alkanes of at least 4 members (excludes halogenated alkanes) is 2. The van der Waals surface area contributed by atoms with E-state index in [1.165, 1.54) is 6.92 Å². The number of carbonyl (C=O) groups is 2. The Morgan fingerprint density at radius 2 is 1.94 bits per heavy atom. The van der Waals surface area contributed by atoms with E-state index in [9.17, 15) is 9.59 Å². The first kappa shape index (κ1) is 16.9. The van der Waals surface area contributed by atoms with E-state index in [1.54, 1.807) is 13.8 Å². The molecule has 0 aliphatic heterocycles. The van der Waals surface area contributed by atoms with Crippen molar-refractivity contribution in [1.29, 1.82) is 0 Å². The Morgan fingerprint density at radius 3 is 2.39 bits per heavy atom. The maximum Gasteiger partial charge on any atom is 0.329 e. The minimum Gasteiger partial charge on any atom is -0.480 e. The van der Waals surface area contributed by atoms with E-state index in [2.05, 4.69) is 12.2 Å². The number of hydrogen-bond donors (Lipinski definition) is 2. The lowest BCUT2D eigenvalue weighted by molar-refractivity contribution is -0.149. The van der Waals surface area contributed by atoms with Gasteiger partial charge in [-0.05, 0) is 19.3 Å². The zero-order valence-corrected chi connectivity index (χ0v) is 11.8. The maximum atomic E-state index is 11.6. The van der Waals surface area contributed by atoms with E-state index in [-0.39, 0.29) is 18.4 Å². The van der Waals surface area contributed by atoms with Crippen molar-refractivity contribution >= 4 is 11.9 Å². The van der Waals surface area contributed by atoms with Crippen LogP contribution in [0, 0.1) is 5.92 Å². The molecule has 0 saturated carbocycles. The second kappa shape index (κ2) is 8.08.